The van der Waals surface area contributed by atoms with Crippen molar-refractivity contribution >= 4 is 52.6 Å². The predicted molar refractivity (Wildman–Crippen MR) is 83.0 cm³/mol. The summed E-state index contributed by atoms with van der Waals surface area (Å²) in [5, 5.41) is 17.5. The van der Waals surface area contributed by atoms with Crippen LogP contribution in [0, 0.1) is 0 Å². The van der Waals surface area contributed by atoms with Gasteiger partial charge in [0.15, 0.2) is 5.75 Å². The van der Waals surface area contributed by atoms with Crippen molar-refractivity contribution in [2.75, 3.05) is 0 Å². The highest BCUT2D eigenvalue weighted by Crippen LogP contribution is 2.43. The van der Waals surface area contributed by atoms with Gasteiger partial charge in [-0.05, 0) is 12.1 Å². The summed E-state index contributed by atoms with van der Waals surface area (Å²) in [6.07, 6.45) is 0. The van der Waals surface area contributed by atoms with Crippen molar-refractivity contribution in [1.82, 2.24) is 0 Å². The summed E-state index contributed by atoms with van der Waals surface area (Å²) < 4.78 is 4.32. The van der Waals surface area contributed by atoms with Gasteiger partial charge >= 0.3 is 5.97 Å². The summed E-state index contributed by atoms with van der Waals surface area (Å²) in [4.78, 5) is 10.2. The number of rotatable bonds is 2. The Morgan fingerprint density at radius 3 is 2.05 bits per heavy atom. The lowest BCUT2D eigenvalue weighted by Gasteiger charge is -2.05. The molecule has 21 heavy (non-hydrogen) atoms. The van der Waals surface area contributed by atoms with E-state index in [2.05, 4.69) is 4.29 Å². The first-order valence-electron chi connectivity index (χ1n) is 5.31. The van der Waals surface area contributed by atoms with Crippen molar-refractivity contribution in [2.45, 2.75) is 0 Å². The molecule has 0 aliphatic heterocycles. The Bertz CT molecular complexity index is 632. The molecule has 0 saturated heterocycles. The lowest BCUT2D eigenvalue weighted by Crippen LogP contribution is -1.93. The van der Waals surface area contributed by atoms with Gasteiger partial charge in [-0.2, -0.15) is 0 Å². The first kappa shape index (κ1) is 17.7. The standard InChI is InChI=1S/C7H6O2.C6H2Cl4O2/c8-7(9)6-4-2-1-3-5-6;7-2-1-3(11)4(8)5(9)6(2)12-10/h1-5H,(H,8,9);1,11H. The summed E-state index contributed by atoms with van der Waals surface area (Å²) in [5.74, 6) is -1.07. The van der Waals surface area contributed by atoms with Crippen molar-refractivity contribution in [3.8, 4) is 11.5 Å². The number of halogens is 4. The Hall–Kier alpha value is -1.33. The highest BCUT2D eigenvalue weighted by molar-refractivity contribution is 6.46. The molecular weight excluding hydrogens is 362 g/mol. The van der Waals surface area contributed by atoms with Crippen LogP contribution >= 0.6 is 46.7 Å². The second kappa shape index (κ2) is 8.20. The van der Waals surface area contributed by atoms with E-state index in [-0.39, 0.29) is 26.6 Å². The van der Waals surface area contributed by atoms with Gasteiger partial charge in [0, 0.05) is 6.07 Å². The molecule has 0 bridgehead atoms. The van der Waals surface area contributed by atoms with Gasteiger partial charge in [-0.25, -0.2) is 4.79 Å². The van der Waals surface area contributed by atoms with Crippen LogP contribution in [0.2, 0.25) is 15.1 Å². The fourth-order valence-electron chi connectivity index (χ4n) is 1.22. The molecule has 0 spiro atoms. The molecule has 0 fully saturated rings. The summed E-state index contributed by atoms with van der Waals surface area (Å²) in [7, 11) is 0. The normalized spacial score (nSPS) is 9.52. The maximum absolute atomic E-state index is 10.2. The van der Waals surface area contributed by atoms with Crippen molar-refractivity contribution in [3.63, 3.8) is 0 Å². The Morgan fingerprint density at radius 2 is 1.62 bits per heavy atom. The minimum atomic E-state index is -0.879. The van der Waals surface area contributed by atoms with Gasteiger partial charge in [-0.1, -0.05) is 53.0 Å². The van der Waals surface area contributed by atoms with E-state index in [1.807, 2.05) is 0 Å². The SMILES string of the molecule is O=C(O)c1ccccc1.Oc1cc(Cl)c(OCl)c(Cl)c1Cl. The van der Waals surface area contributed by atoms with E-state index in [9.17, 15) is 4.79 Å². The molecule has 0 heterocycles. The first-order chi connectivity index (χ1) is 9.88. The van der Waals surface area contributed by atoms with E-state index in [0.717, 1.165) is 0 Å². The van der Waals surface area contributed by atoms with Gasteiger partial charge in [0.05, 0.1) is 10.6 Å². The molecular formula is C13H8Cl4O4. The zero-order valence-corrected chi connectivity index (χ0v) is 13.2. The highest BCUT2D eigenvalue weighted by Gasteiger charge is 2.15. The Balaban J connectivity index is 0.000000219. The average Bonchev–Trinajstić information content (AvgIpc) is 2.47. The van der Waals surface area contributed by atoms with Crippen molar-refractivity contribution in [3.05, 3.63) is 57.0 Å². The fourth-order valence-corrected chi connectivity index (χ4v) is 2.12. The number of hydrogen-bond donors (Lipinski definition) is 2. The van der Waals surface area contributed by atoms with Gasteiger partial charge in [0.1, 0.15) is 27.7 Å². The van der Waals surface area contributed by atoms with Crippen molar-refractivity contribution in [1.29, 1.82) is 0 Å². The van der Waals surface area contributed by atoms with E-state index in [0.29, 0.717) is 5.56 Å². The molecule has 0 aliphatic rings. The molecule has 4 nitrogen and oxygen atoms in total. The number of hydrogen-bond acceptors (Lipinski definition) is 3. The second-order valence-corrected chi connectivity index (χ2v) is 4.90. The average molecular weight is 370 g/mol. The van der Waals surface area contributed by atoms with Crippen LogP contribution in [0.1, 0.15) is 10.4 Å². The van der Waals surface area contributed by atoms with Crippen LogP contribution in [0.3, 0.4) is 0 Å². The molecule has 2 aromatic rings. The van der Waals surface area contributed by atoms with Crippen LogP contribution in [0.5, 0.6) is 11.5 Å². The largest absolute Gasteiger partial charge is 0.506 e. The molecule has 2 rings (SSSR count). The van der Waals surface area contributed by atoms with Crippen LogP contribution in [0.4, 0.5) is 0 Å². The van der Waals surface area contributed by atoms with E-state index in [4.69, 9.17) is 56.9 Å². The summed E-state index contributed by atoms with van der Waals surface area (Å²) >= 11 is 21.8. The molecule has 2 aromatic carbocycles. The summed E-state index contributed by atoms with van der Waals surface area (Å²) in [6.45, 7) is 0. The van der Waals surface area contributed by atoms with Crippen LogP contribution < -0.4 is 4.29 Å². The molecule has 2 N–H and O–H groups in total. The second-order valence-electron chi connectivity index (χ2n) is 3.58. The zero-order chi connectivity index (χ0) is 16.0. The highest BCUT2D eigenvalue weighted by atomic mass is 35.5. The maximum Gasteiger partial charge on any atom is 0.335 e. The van der Waals surface area contributed by atoms with E-state index in [1.54, 1.807) is 30.3 Å². The number of benzene rings is 2. The number of phenols is 1. The molecule has 0 radical (unpaired) electrons. The number of carbonyl (C=O) groups is 1. The van der Waals surface area contributed by atoms with Gasteiger partial charge in [-0.15, -0.1) is 0 Å². The van der Waals surface area contributed by atoms with E-state index >= 15 is 0 Å². The Labute approximate surface area is 140 Å². The molecule has 0 saturated carbocycles. The topological polar surface area (TPSA) is 66.8 Å². The monoisotopic (exact) mass is 368 g/mol. The minimum absolute atomic E-state index is 0.0170. The van der Waals surface area contributed by atoms with Crippen molar-refractivity contribution < 1.29 is 19.3 Å². The Kier molecular flexibility index (Phi) is 6.92. The van der Waals surface area contributed by atoms with Crippen LogP contribution in [0.25, 0.3) is 0 Å². The van der Waals surface area contributed by atoms with Gasteiger partial charge in [0.25, 0.3) is 0 Å². The number of phenolic OH excluding ortho intramolecular Hbond substituents is 1. The molecule has 112 valence electrons. The third kappa shape index (κ3) is 4.86. The van der Waals surface area contributed by atoms with E-state index in [1.165, 1.54) is 6.07 Å². The molecule has 0 aromatic heterocycles. The predicted octanol–water partition coefficient (Wildman–Crippen LogP) is 5.27. The third-order valence-corrected chi connectivity index (χ3v) is 3.47. The number of carboxylic acid groups (broad SMARTS) is 1. The molecule has 0 unspecified atom stereocenters. The van der Waals surface area contributed by atoms with Gasteiger partial charge in [-0.3, -0.25) is 0 Å². The number of carboxylic acids is 1. The summed E-state index contributed by atoms with van der Waals surface area (Å²) in [5.41, 5.74) is 0.331. The smallest absolute Gasteiger partial charge is 0.335 e. The van der Waals surface area contributed by atoms with Crippen LogP contribution in [0.15, 0.2) is 36.4 Å². The van der Waals surface area contributed by atoms with Gasteiger partial charge < -0.3 is 14.5 Å². The van der Waals surface area contributed by atoms with Crippen LogP contribution in [-0.2, 0) is 0 Å². The minimum Gasteiger partial charge on any atom is -0.506 e. The Morgan fingerprint density at radius 1 is 1.05 bits per heavy atom. The third-order valence-electron chi connectivity index (χ3n) is 2.20. The number of aromatic carboxylic acids is 1. The molecule has 0 aliphatic carbocycles. The first-order valence-corrected chi connectivity index (χ1v) is 6.76. The fraction of sp³-hybridized carbons (Fsp3) is 0. The van der Waals surface area contributed by atoms with Crippen LogP contribution in [-0.4, -0.2) is 16.2 Å². The lowest BCUT2D eigenvalue weighted by molar-refractivity contribution is 0.0697. The zero-order valence-electron chi connectivity index (χ0n) is 10.2. The molecule has 0 amide bonds. The quantitative estimate of drug-likeness (QED) is 0.707. The maximum atomic E-state index is 10.2. The molecule has 0 atom stereocenters. The summed E-state index contributed by atoms with van der Waals surface area (Å²) in [6, 6.07) is 9.48. The van der Waals surface area contributed by atoms with Crippen molar-refractivity contribution in [2.24, 2.45) is 0 Å². The lowest BCUT2D eigenvalue weighted by atomic mass is 10.2. The van der Waals surface area contributed by atoms with Gasteiger partial charge in [0.2, 0.25) is 0 Å². The number of aromatic hydroxyl groups is 1. The molecule has 8 heteroatoms. The van der Waals surface area contributed by atoms with E-state index < -0.39 is 5.97 Å².